The zero-order chi connectivity index (χ0) is 16.4. The third kappa shape index (κ3) is 3.13. The summed E-state index contributed by atoms with van der Waals surface area (Å²) in [5, 5.41) is 0. The number of hydrogen-bond acceptors (Lipinski definition) is 5. The number of nitrogens with zero attached hydrogens (tertiary/aromatic N) is 2. The predicted molar refractivity (Wildman–Crippen MR) is 86.7 cm³/mol. The molecule has 0 bridgehead atoms. The molecule has 3 heterocycles. The molecule has 6 nitrogen and oxygen atoms in total. The van der Waals surface area contributed by atoms with E-state index in [4.69, 9.17) is 14.2 Å². The Kier molecular flexibility index (Phi) is 4.67. The first-order valence-electron chi connectivity index (χ1n) is 8.89. The fraction of sp³-hybridized carbons (Fsp3) is 0.667. The number of fused-ring (bicyclic) bond motifs is 1. The summed E-state index contributed by atoms with van der Waals surface area (Å²) in [6, 6.07) is 3.91. The fourth-order valence-corrected chi connectivity index (χ4v) is 4.09. The molecule has 0 unspecified atom stereocenters. The van der Waals surface area contributed by atoms with Crippen molar-refractivity contribution in [3.05, 3.63) is 24.5 Å². The molecule has 6 heteroatoms. The molecule has 0 spiro atoms. The van der Waals surface area contributed by atoms with E-state index < -0.39 is 0 Å². The largest absolute Gasteiger partial charge is 0.486 e. The molecular formula is C18H24N2O4. The number of aromatic nitrogens is 1. The molecule has 3 fully saturated rings. The van der Waals surface area contributed by atoms with Gasteiger partial charge < -0.3 is 19.1 Å². The number of hydrogen-bond donors (Lipinski definition) is 0. The lowest BCUT2D eigenvalue weighted by Crippen LogP contribution is -2.56. The number of rotatable bonds is 3. The van der Waals surface area contributed by atoms with Gasteiger partial charge in [-0.1, -0.05) is 0 Å². The maximum absolute atomic E-state index is 12.9. The van der Waals surface area contributed by atoms with Crippen LogP contribution in [-0.4, -0.2) is 60.4 Å². The molecule has 3 aliphatic rings. The molecule has 1 aromatic rings. The summed E-state index contributed by atoms with van der Waals surface area (Å²) >= 11 is 0. The van der Waals surface area contributed by atoms with Gasteiger partial charge in [-0.05, 0) is 37.8 Å². The summed E-state index contributed by atoms with van der Waals surface area (Å²) < 4.78 is 17.4. The van der Waals surface area contributed by atoms with E-state index in [0.29, 0.717) is 26.4 Å². The molecular weight excluding hydrogens is 308 g/mol. The molecule has 1 amide bonds. The minimum atomic E-state index is -0.0391. The highest BCUT2D eigenvalue weighted by molar-refractivity contribution is 5.79. The van der Waals surface area contributed by atoms with E-state index in [-0.39, 0.29) is 30.1 Å². The van der Waals surface area contributed by atoms with Crippen LogP contribution in [0.1, 0.15) is 25.7 Å². The number of ether oxygens (including phenoxy) is 3. The topological polar surface area (TPSA) is 60.9 Å². The van der Waals surface area contributed by atoms with Gasteiger partial charge >= 0.3 is 0 Å². The molecule has 4 rings (SSSR count). The lowest BCUT2D eigenvalue weighted by atomic mass is 9.97. The average Bonchev–Trinajstić information content (AvgIpc) is 3.06. The summed E-state index contributed by atoms with van der Waals surface area (Å²) in [7, 11) is 0. The Bertz CT molecular complexity index is 561. The van der Waals surface area contributed by atoms with Crippen LogP contribution in [0.4, 0.5) is 0 Å². The quantitative estimate of drug-likeness (QED) is 0.842. The molecule has 1 aromatic heterocycles. The Labute approximate surface area is 142 Å². The van der Waals surface area contributed by atoms with E-state index in [0.717, 1.165) is 31.4 Å². The Morgan fingerprint density at radius 1 is 1.21 bits per heavy atom. The first-order chi connectivity index (χ1) is 11.8. The zero-order valence-corrected chi connectivity index (χ0v) is 13.8. The first kappa shape index (κ1) is 15.8. The van der Waals surface area contributed by atoms with Crippen molar-refractivity contribution >= 4 is 5.91 Å². The highest BCUT2D eigenvalue weighted by Crippen LogP contribution is 2.34. The van der Waals surface area contributed by atoms with E-state index >= 15 is 0 Å². The molecule has 2 aliphatic heterocycles. The van der Waals surface area contributed by atoms with Crippen molar-refractivity contribution in [1.29, 1.82) is 0 Å². The number of pyridine rings is 1. The lowest BCUT2D eigenvalue weighted by molar-refractivity contribution is -0.154. The summed E-state index contributed by atoms with van der Waals surface area (Å²) in [6.45, 7) is 2.67. The van der Waals surface area contributed by atoms with Crippen LogP contribution in [0.25, 0.3) is 0 Å². The van der Waals surface area contributed by atoms with Gasteiger partial charge in [-0.2, -0.15) is 0 Å². The number of amides is 1. The highest BCUT2D eigenvalue weighted by Gasteiger charge is 2.46. The van der Waals surface area contributed by atoms with Crippen LogP contribution in [0.3, 0.4) is 0 Å². The number of morpholine rings is 1. The van der Waals surface area contributed by atoms with E-state index in [1.165, 1.54) is 0 Å². The van der Waals surface area contributed by atoms with Crippen LogP contribution in [0, 0.1) is 5.92 Å². The van der Waals surface area contributed by atoms with Gasteiger partial charge in [0.15, 0.2) is 0 Å². The van der Waals surface area contributed by atoms with Crippen molar-refractivity contribution < 1.29 is 19.0 Å². The van der Waals surface area contributed by atoms with Gasteiger partial charge in [-0.15, -0.1) is 0 Å². The maximum Gasteiger partial charge on any atom is 0.226 e. The maximum atomic E-state index is 12.9. The van der Waals surface area contributed by atoms with Crippen LogP contribution in [0.2, 0.25) is 0 Å². The smallest absolute Gasteiger partial charge is 0.226 e. The van der Waals surface area contributed by atoms with Gasteiger partial charge in [0.1, 0.15) is 18.0 Å². The minimum Gasteiger partial charge on any atom is -0.486 e. The predicted octanol–water partition coefficient (Wildman–Crippen LogP) is 1.65. The monoisotopic (exact) mass is 332 g/mol. The van der Waals surface area contributed by atoms with Crippen LogP contribution in [-0.2, 0) is 14.3 Å². The first-order valence-corrected chi connectivity index (χ1v) is 8.89. The van der Waals surface area contributed by atoms with Crippen molar-refractivity contribution in [1.82, 2.24) is 9.88 Å². The molecule has 0 aromatic carbocycles. The average molecular weight is 332 g/mol. The van der Waals surface area contributed by atoms with Crippen molar-refractivity contribution in [3.8, 4) is 5.75 Å². The normalized spacial score (nSPS) is 30.8. The summed E-state index contributed by atoms with van der Waals surface area (Å²) in [4.78, 5) is 19.1. The Morgan fingerprint density at radius 2 is 2.08 bits per heavy atom. The summed E-state index contributed by atoms with van der Waals surface area (Å²) in [5.41, 5.74) is 0. The van der Waals surface area contributed by atoms with Crippen molar-refractivity contribution in [2.45, 2.75) is 43.9 Å². The second-order valence-electron chi connectivity index (χ2n) is 6.74. The van der Waals surface area contributed by atoms with E-state index in [9.17, 15) is 4.79 Å². The molecule has 1 aliphatic carbocycles. The highest BCUT2D eigenvalue weighted by atomic mass is 16.5. The summed E-state index contributed by atoms with van der Waals surface area (Å²) in [6.07, 6.45) is 6.92. The second-order valence-corrected chi connectivity index (χ2v) is 6.74. The van der Waals surface area contributed by atoms with Crippen molar-refractivity contribution in [2.75, 3.05) is 26.4 Å². The molecule has 24 heavy (non-hydrogen) atoms. The minimum absolute atomic E-state index is 0.00973. The van der Waals surface area contributed by atoms with Crippen LogP contribution in [0.15, 0.2) is 24.5 Å². The molecule has 130 valence electrons. The van der Waals surface area contributed by atoms with E-state index in [1.54, 1.807) is 12.4 Å². The van der Waals surface area contributed by atoms with Gasteiger partial charge in [0.25, 0.3) is 0 Å². The fourth-order valence-electron chi connectivity index (χ4n) is 4.09. The number of carbonyl (C=O) groups is 1. The SMILES string of the molecule is O=C(C1CCOCC1)N1CCO[C@H]2[C@H](Oc3cccnc3)CC[C@@H]21. The number of carbonyl (C=O) groups excluding carboxylic acids is 1. The lowest BCUT2D eigenvalue weighted by Gasteiger charge is -2.41. The van der Waals surface area contributed by atoms with E-state index in [2.05, 4.69) is 9.88 Å². The van der Waals surface area contributed by atoms with Gasteiger partial charge in [0, 0.05) is 31.9 Å². The van der Waals surface area contributed by atoms with Crippen LogP contribution < -0.4 is 4.74 Å². The standard InChI is InChI=1S/C18H24N2O4/c21-18(13-5-9-22-10-6-13)20-8-11-23-17-15(20)3-4-16(17)24-14-2-1-7-19-12-14/h1-2,7,12-13,15-17H,3-6,8-11H2/t15-,16+,17+/m0/s1. The summed E-state index contributed by atoms with van der Waals surface area (Å²) in [5.74, 6) is 1.15. The molecule has 1 saturated carbocycles. The van der Waals surface area contributed by atoms with Gasteiger partial charge in [0.05, 0.1) is 18.8 Å². The molecule has 0 radical (unpaired) electrons. The second kappa shape index (κ2) is 7.07. The molecule has 2 saturated heterocycles. The van der Waals surface area contributed by atoms with Crippen LogP contribution >= 0.6 is 0 Å². The zero-order valence-electron chi connectivity index (χ0n) is 13.8. The molecule has 3 atom stereocenters. The van der Waals surface area contributed by atoms with Crippen molar-refractivity contribution in [2.24, 2.45) is 5.92 Å². The Morgan fingerprint density at radius 3 is 2.88 bits per heavy atom. The van der Waals surface area contributed by atoms with Gasteiger partial charge in [-0.3, -0.25) is 9.78 Å². The van der Waals surface area contributed by atoms with Gasteiger partial charge in [-0.25, -0.2) is 0 Å². The third-order valence-corrected chi connectivity index (χ3v) is 5.31. The van der Waals surface area contributed by atoms with E-state index in [1.807, 2.05) is 12.1 Å². The molecule has 0 N–H and O–H groups in total. The Balaban J connectivity index is 1.43. The van der Waals surface area contributed by atoms with Gasteiger partial charge in [0.2, 0.25) is 5.91 Å². The van der Waals surface area contributed by atoms with Crippen molar-refractivity contribution in [3.63, 3.8) is 0 Å². The Hall–Kier alpha value is -1.66. The third-order valence-electron chi connectivity index (χ3n) is 5.31. The van der Waals surface area contributed by atoms with Crippen LogP contribution in [0.5, 0.6) is 5.75 Å².